The van der Waals surface area contributed by atoms with Crippen LogP contribution >= 0.6 is 0 Å². The molecule has 0 spiro atoms. The van der Waals surface area contributed by atoms with Crippen LogP contribution in [0.3, 0.4) is 0 Å². The number of rotatable bonds is 2. The molecule has 14 aliphatic carbocycles. The minimum Gasteiger partial charge on any atom is -0.308 e. The summed E-state index contributed by atoms with van der Waals surface area (Å²) in [5.74, 6) is 8.89. The molecule has 0 atom stereocenters. The van der Waals surface area contributed by atoms with Crippen LogP contribution in [0.15, 0.2) is 48.5 Å². The van der Waals surface area contributed by atoms with E-state index in [-0.39, 0.29) is 17.3 Å². The molecular formula is C66H64N2O2. The van der Waals surface area contributed by atoms with Gasteiger partial charge in [-0.2, -0.15) is 0 Å². The Morgan fingerprint density at radius 3 is 1.27 bits per heavy atom. The van der Waals surface area contributed by atoms with Crippen LogP contribution in [0.5, 0.6) is 0 Å². The van der Waals surface area contributed by atoms with Crippen molar-refractivity contribution in [1.29, 1.82) is 0 Å². The van der Waals surface area contributed by atoms with Gasteiger partial charge in [-0.25, -0.2) is 0 Å². The molecule has 9 aromatic rings. The van der Waals surface area contributed by atoms with E-state index in [1.54, 1.807) is 11.1 Å². The highest BCUT2D eigenvalue weighted by Crippen LogP contribution is 2.63. The van der Waals surface area contributed by atoms with Crippen LogP contribution in [0.2, 0.25) is 0 Å². The lowest BCUT2D eigenvalue weighted by atomic mass is 9.48. The highest BCUT2D eigenvalue weighted by molar-refractivity contribution is 6.30. The van der Waals surface area contributed by atoms with Gasteiger partial charge in [0.05, 0.1) is 33.1 Å². The number of aryl methyl sites for hydroxylation is 2. The van der Waals surface area contributed by atoms with Crippen LogP contribution in [-0.4, -0.2) is 20.4 Å². The fourth-order valence-electron chi connectivity index (χ4n) is 21.8. The standard InChI is InChI=1S/C66H64N2O2/c1-30-57-45(37-3-7-39(8-4-37)64(57)69)23-53-50-20-43(59-41-15-32-11-33(17-41)18-42(59)16-32)19-49-47-25-56-48(26-55(47)67(60(30)53)62(49)50)51-21-44(66-27-34-12-35(28-66)14-36(13-34)29-66)22-52-54-24-46-38-5-9-40(10-6-38)65(70)58(46)31(2)61(54)68(56)63(51)52/h19-26,32-42,59H,3-18,27-29H2,1-2H3. The van der Waals surface area contributed by atoms with Crippen molar-refractivity contribution < 1.29 is 9.59 Å². The van der Waals surface area contributed by atoms with Crippen LogP contribution in [0, 0.1) is 67.1 Å². The average molecular weight is 917 g/mol. The van der Waals surface area contributed by atoms with Crippen molar-refractivity contribution in [3.8, 4) is 0 Å². The summed E-state index contributed by atoms with van der Waals surface area (Å²) in [7, 11) is 0. The number of ketones is 2. The van der Waals surface area contributed by atoms with Crippen molar-refractivity contribution >= 4 is 87.8 Å². The first-order chi connectivity index (χ1) is 34.2. The molecule has 0 saturated heterocycles. The molecule has 10 saturated carbocycles. The van der Waals surface area contributed by atoms with Crippen molar-refractivity contribution in [2.45, 2.75) is 159 Å². The zero-order chi connectivity index (χ0) is 45.5. The lowest BCUT2D eigenvalue weighted by molar-refractivity contribution is -0.00508. The van der Waals surface area contributed by atoms with Gasteiger partial charge in [0.1, 0.15) is 0 Å². The lowest BCUT2D eigenvalue weighted by Gasteiger charge is -2.57. The Morgan fingerprint density at radius 2 is 0.800 bits per heavy atom. The summed E-state index contributed by atoms with van der Waals surface area (Å²) in [5.41, 5.74) is 18.7. The van der Waals surface area contributed by atoms with Gasteiger partial charge >= 0.3 is 0 Å². The molecule has 4 heteroatoms. The summed E-state index contributed by atoms with van der Waals surface area (Å²) in [4.78, 5) is 29.4. The number of aromatic nitrogens is 2. The van der Waals surface area contributed by atoms with Crippen molar-refractivity contribution in [2.75, 3.05) is 0 Å². The largest absolute Gasteiger partial charge is 0.308 e. The van der Waals surface area contributed by atoms with E-state index in [1.165, 1.54) is 169 Å². The number of carbonyl (C=O) groups excluding carboxylic acids is 2. The Labute approximate surface area is 409 Å². The van der Waals surface area contributed by atoms with Gasteiger partial charge in [-0.15, -0.1) is 0 Å². The van der Waals surface area contributed by atoms with Crippen molar-refractivity contribution in [3.63, 3.8) is 0 Å². The molecule has 4 heterocycles. The van der Waals surface area contributed by atoms with Gasteiger partial charge in [-0.3, -0.25) is 9.59 Å². The molecule has 350 valence electrons. The summed E-state index contributed by atoms with van der Waals surface area (Å²) in [6, 6.07) is 21.2. The molecule has 0 aliphatic heterocycles. The van der Waals surface area contributed by atoms with E-state index in [9.17, 15) is 9.59 Å². The maximum atomic E-state index is 14.7. The summed E-state index contributed by atoms with van der Waals surface area (Å²) in [5, 5.41) is 11.2. The summed E-state index contributed by atoms with van der Waals surface area (Å²) >= 11 is 0. The number of nitrogens with zero attached hydrogens (tertiary/aromatic N) is 2. The molecule has 0 N–H and O–H groups in total. The van der Waals surface area contributed by atoms with E-state index in [1.807, 2.05) is 0 Å². The van der Waals surface area contributed by atoms with Gasteiger partial charge in [0.15, 0.2) is 11.6 Å². The number of Topliss-reactive ketones (excluding diaryl/α,β-unsaturated/α-hetero) is 2. The molecule has 0 radical (unpaired) electrons. The third kappa shape index (κ3) is 4.51. The topological polar surface area (TPSA) is 43.0 Å². The van der Waals surface area contributed by atoms with E-state index < -0.39 is 0 Å². The third-order valence-electron chi connectivity index (χ3n) is 23.9. The summed E-state index contributed by atoms with van der Waals surface area (Å²) < 4.78 is 5.36. The van der Waals surface area contributed by atoms with Crippen LogP contribution in [0.25, 0.3) is 76.2 Å². The molecule has 23 rings (SSSR count). The monoisotopic (exact) mass is 916 g/mol. The zero-order valence-corrected chi connectivity index (χ0v) is 41.2. The highest BCUT2D eigenvalue weighted by Gasteiger charge is 2.53. The van der Waals surface area contributed by atoms with Crippen LogP contribution in [-0.2, 0) is 5.41 Å². The normalized spacial score (nSPS) is 36.0. The van der Waals surface area contributed by atoms with Gasteiger partial charge < -0.3 is 8.80 Å². The molecule has 10 fully saturated rings. The second-order valence-corrected chi connectivity index (χ2v) is 27.1. The number of carbonyl (C=O) groups is 2. The minimum atomic E-state index is 0.170. The smallest absolute Gasteiger partial charge is 0.166 e. The van der Waals surface area contributed by atoms with Crippen molar-refractivity contribution in [3.05, 3.63) is 93.0 Å². The summed E-state index contributed by atoms with van der Waals surface area (Å²) in [6.07, 6.45) is 24.3. The van der Waals surface area contributed by atoms with E-state index in [0.717, 1.165) is 104 Å². The molecule has 5 aromatic carbocycles. The number of hydrogen-bond donors (Lipinski definition) is 0. The minimum absolute atomic E-state index is 0.170. The van der Waals surface area contributed by atoms with Gasteiger partial charge in [-0.05, 0) is 282 Å². The molecule has 14 aliphatic rings. The van der Waals surface area contributed by atoms with Crippen molar-refractivity contribution in [2.24, 2.45) is 53.3 Å². The first kappa shape index (κ1) is 38.7. The fraction of sp³-hybridized carbons (Fsp3) is 0.515. The molecule has 12 bridgehead atoms. The maximum absolute atomic E-state index is 14.7. The second-order valence-electron chi connectivity index (χ2n) is 27.1. The predicted molar refractivity (Wildman–Crippen MR) is 283 cm³/mol. The van der Waals surface area contributed by atoms with Crippen molar-refractivity contribution in [1.82, 2.24) is 8.80 Å². The Bertz CT molecular complexity index is 3870. The molecule has 0 unspecified atom stereocenters. The molecule has 4 aromatic heterocycles. The van der Waals surface area contributed by atoms with Crippen LogP contribution < -0.4 is 0 Å². The first-order valence-electron chi connectivity index (χ1n) is 28.8. The Kier molecular flexibility index (Phi) is 6.97. The Morgan fingerprint density at radius 1 is 0.414 bits per heavy atom. The maximum Gasteiger partial charge on any atom is 0.166 e. The quantitative estimate of drug-likeness (QED) is 0.173. The van der Waals surface area contributed by atoms with Crippen LogP contribution in [0.1, 0.15) is 194 Å². The van der Waals surface area contributed by atoms with Crippen LogP contribution in [0.4, 0.5) is 0 Å². The highest BCUT2D eigenvalue weighted by atomic mass is 16.1. The van der Waals surface area contributed by atoms with Gasteiger partial charge in [-0.1, -0.05) is 0 Å². The van der Waals surface area contributed by atoms with E-state index in [2.05, 4.69) is 71.2 Å². The Hall–Kier alpha value is -4.96. The SMILES string of the molecule is Cc1c2c(cc3c4cc(C5C6CC7CC(C6)CC5C7)cc5c6cc7c(cc6n(c13)c54)c1cc(C34CC5CC(CC(C5)C3)C4)cc3c4cc5c(c(C)c4n7c13)C(=O)C1CCC5CC1)C1CCC(CC1)C2=O. The lowest BCUT2D eigenvalue weighted by Crippen LogP contribution is -2.48. The van der Waals surface area contributed by atoms with Gasteiger partial charge in [0, 0.05) is 66.1 Å². The second kappa shape index (κ2) is 12.6. The molecular weight excluding hydrogens is 853 g/mol. The predicted octanol–water partition coefficient (Wildman–Crippen LogP) is 16.6. The fourth-order valence-corrected chi connectivity index (χ4v) is 21.8. The van der Waals surface area contributed by atoms with E-state index >= 15 is 0 Å². The molecule has 70 heavy (non-hydrogen) atoms. The van der Waals surface area contributed by atoms with E-state index in [0.29, 0.717) is 29.3 Å². The number of benzene rings is 5. The molecule has 4 nitrogen and oxygen atoms in total. The first-order valence-corrected chi connectivity index (χ1v) is 28.8. The Balaban J connectivity index is 0.959. The third-order valence-corrected chi connectivity index (χ3v) is 23.9. The summed E-state index contributed by atoms with van der Waals surface area (Å²) in [6.45, 7) is 4.65. The van der Waals surface area contributed by atoms with Gasteiger partial charge in [0.25, 0.3) is 0 Å². The zero-order valence-electron chi connectivity index (χ0n) is 41.2. The molecule has 0 amide bonds. The van der Waals surface area contributed by atoms with E-state index in [4.69, 9.17) is 0 Å². The van der Waals surface area contributed by atoms with Gasteiger partial charge in [0.2, 0.25) is 0 Å². The number of fused-ring (bicyclic) bond motifs is 16. The number of hydrogen-bond acceptors (Lipinski definition) is 2. The average Bonchev–Trinajstić information content (AvgIpc) is 3.97.